The first-order valence-corrected chi connectivity index (χ1v) is 11.8. The van der Waals surface area contributed by atoms with Crippen LogP contribution in [-0.4, -0.2) is 13.1 Å². The summed E-state index contributed by atoms with van der Waals surface area (Å²) in [4.78, 5) is 0. The molecular weight excluding hydrogens is 378 g/mol. The van der Waals surface area contributed by atoms with E-state index in [1.54, 1.807) is 0 Å². The van der Waals surface area contributed by atoms with Gasteiger partial charge in [0, 0.05) is 12.1 Å². The monoisotopic (exact) mass is 419 g/mol. The molecule has 0 spiro atoms. The van der Waals surface area contributed by atoms with Gasteiger partial charge in [-0.2, -0.15) is 5.26 Å². The van der Waals surface area contributed by atoms with Gasteiger partial charge in [-0.3, -0.25) is 0 Å². The van der Waals surface area contributed by atoms with Crippen LogP contribution in [0.1, 0.15) is 88.7 Å². The van der Waals surface area contributed by atoms with Crippen molar-refractivity contribution in [3.05, 3.63) is 70.8 Å². The summed E-state index contributed by atoms with van der Waals surface area (Å²) in [5.41, 5.74) is 4.91. The van der Waals surface area contributed by atoms with E-state index in [-0.39, 0.29) is 11.5 Å². The molecule has 2 atom stereocenters. The van der Waals surface area contributed by atoms with Crippen molar-refractivity contribution in [3.63, 3.8) is 0 Å². The predicted molar refractivity (Wildman–Crippen MR) is 132 cm³/mol. The van der Waals surface area contributed by atoms with Gasteiger partial charge < -0.3 is 10.6 Å². The third-order valence-electron chi connectivity index (χ3n) is 5.87. The average Bonchev–Trinajstić information content (AvgIpc) is 2.73. The molecule has 2 aromatic carbocycles. The number of nitrogens with zero attached hydrogens (tertiary/aromatic N) is 1. The Morgan fingerprint density at radius 2 is 1.35 bits per heavy atom. The quantitative estimate of drug-likeness (QED) is 0.409. The van der Waals surface area contributed by atoms with Crippen molar-refractivity contribution in [2.45, 2.75) is 72.9 Å². The summed E-state index contributed by atoms with van der Waals surface area (Å²) in [7, 11) is 0. The van der Waals surface area contributed by atoms with Gasteiger partial charge in [0.25, 0.3) is 0 Å². The molecule has 0 saturated carbocycles. The molecule has 0 aliphatic carbocycles. The first-order valence-electron chi connectivity index (χ1n) is 11.8. The predicted octanol–water partition coefficient (Wildman–Crippen LogP) is 6.56. The lowest BCUT2D eigenvalue weighted by Crippen LogP contribution is -2.28. The molecule has 0 aliphatic heterocycles. The molecule has 0 bridgehead atoms. The Kier molecular flexibility index (Phi) is 9.75. The molecular formula is C28H41N3. The molecule has 0 aromatic heterocycles. The van der Waals surface area contributed by atoms with Gasteiger partial charge in [0.2, 0.25) is 0 Å². The maximum atomic E-state index is 9.08. The maximum absolute atomic E-state index is 9.08. The van der Waals surface area contributed by atoms with Crippen LogP contribution in [0, 0.1) is 22.7 Å². The van der Waals surface area contributed by atoms with Crippen LogP contribution >= 0.6 is 0 Å². The van der Waals surface area contributed by atoms with Crippen molar-refractivity contribution in [2.24, 2.45) is 11.3 Å². The summed E-state index contributed by atoms with van der Waals surface area (Å²) in [5.74, 6) is 0.674. The van der Waals surface area contributed by atoms with E-state index < -0.39 is 0 Å². The second-order valence-corrected chi connectivity index (χ2v) is 9.87. The van der Waals surface area contributed by atoms with Crippen LogP contribution in [0.4, 0.5) is 0 Å². The lowest BCUT2D eigenvalue weighted by atomic mass is 9.78. The minimum Gasteiger partial charge on any atom is -0.310 e. The lowest BCUT2D eigenvalue weighted by Gasteiger charge is -2.31. The topological polar surface area (TPSA) is 47.8 Å². The standard InChI is InChI=1S/C28H41N3/c1-7-30-26(17-21(3)4)24-13-9-22(10-14-24)18-28(5,6)19-27(31-8-2)25-15-11-23(20-29)12-16-25/h9-16,21,26-27,30-31H,7-8,17-19H2,1-6H3. The third-order valence-corrected chi connectivity index (χ3v) is 5.87. The minimum atomic E-state index is 0.154. The number of benzene rings is 2. The van der Waals surface area contributed by atoms with E-state index in [0.717, 1.165) is 32.4 Å². The fourth-order valence-corrected chi connectivity index (χ4v) is 4.44. The largest absolute Gasteiger partial charge is 0.310 e. The first kappa shape index (κ1) is 25.1. The fourth-order valence-electron chi connectivity index (χ4n) is 4.44. The van der Waals surface area contributed by atoms with Gasteiger partial charge >= 0.3 is 0 Å². The second kappa shape index (κ2) is 12.0. The first-order chi connectivity index (χ1) is 14.8. The summed E-state index contributed by atoms with van der Waals surface area (Å²) < 4.78 is 0. The third kappa shape index (κ3) is 8.13. The highest BCUT2D eigenvalue weighted by Gasteiger charge is 2.25. The number of rotatable bonds is 12. The molecule has 0 aliphatic rings. The van der Waals surface area contributed by atoms with Gasteiger partial charge in [0.05, 0.1) is 11.6 Å². The van der Waals surface area contributed by atoms with Crippen LogP contribution in [0.25, 0.3) is 0 Å². The Bertz CT molecular complexity index is 813. The normalized spacial score (nSPS) is 13.7. The summed E-state index contributed by atoms with van der Waals surface area (Å²) in [6.45, 7) is 15.5. The highest BCUT2D eigenvalue weighted by Crippen LogP contribution is 2.34. The highest BCUT2D eigenvalue weighted by atomic mass is 14.9. The van der Waals surface area contributed by atoms with E-state index in [0.29, 0.717) is 17.5 Å². The van der Waals surface area contributed by atoms with E-state index in [4.69, 9.17) is 5.26 Å². The van der Waals surface area contributed by atoms with E-state index in [1.165, 1.54) is 16.7 Å². The summed E-state index contributed by atoms with van der Waals surface area (Å²) >= 11 is 0. The number of hydrogen-bond acceptors (Lipinski definition) is 3. The van der Waals surface area contributed by atoms with Crippen molar-refractivity contribution in [1.29, 1.82) is 5.26 Å². The maximum Gasteiger partial charge on any atom is 0.0991 e. The van der Waals surface area contributed by atoms with Crippen LogP contribution in [0.5, 0.6) is 0 Å². The van der Waals surface area contributed by atoms with Crippen LogP contribution < -0.4 is 10.6 Å². The van der Waals surface area contributed by atoms with Crippen molar-refractivity contribution < 1.29 is 0 Å². The van der Waals surface area contributed by atoms with E-state index in [2.05, 4.69) is 94.6 Å². The van der Waals surface area contributed by atoms with Crippen molar-refractivity contribution >= 4 is 0 Å². The zero-order chi connectivity index (χ0) is 22.9. The molecule has 31 heavy (non-hydrogen) atoms. The molecule has 0 fully saturated rings. The highest BCUT2D eigenvalue weighted by molar-refractivity contribution is 5.33. The van der Waals surface area contributed by atoms with Crippen molar-refractivity contribution in [2.75, 3.05) is 13.1 Å². The Labute approximate surface area is 190 Å². The zero-order valence-electron chi connectivity index (χ0n) is 20.3. The smallest absolute Gasteiger partial charge is 0.0991 e. The van der Waals surface area contributed by atoms with Gasteiger partial charge in [0.1, 0.15) is 0 Å². The van der Waals surface area contributed by atoms with Crippen LogP contribution in [0.15, 0.2) is 48.5 Å². The molecule has 0 radical (unpaired) electrons. The number of nitriles is 1. The molecule has 0 heterocycles. The van der Waals surface area contributed by atoms with Gasteiger partial charge in [-0.05, 0) is 72.5 Å². The molecule has 0 saturated heterocycles. The summed E-state index contributed by atoms with van der Waals surface area (Å²) in [6, 6.07) is 20.2. The zero-order valence-corrected chi connectivity index (χ0v) is 20.3. The van der Waals surface area contributed by atoms with Gasteiger partial charge in [-0.1, -0.05) is 77.9 Å². The second-order valence-electron chi connectivity index (χ2n) is 9.87. The average molecular weight is 420 g/mol. The number of hydrogen-bond donors (Lipinski definition) is 2. The van der Waals surface area contributed by atoms with Crippen LogP contribution in [0.2, 0.25) is 0 Å². The van der Waals surface area contributed by atoms with Crippen LogP contribution in [0.3, 0.4) is 0 Å². The van der Waals surface area contributed by atoms with Crippen LogP contribution in [-0.2, 0) is 6.42 Å². The Morgan fingerprint density at radius 3 is 1.87 bits per heavy atom. The molecule has 2 N–H and O–H groups in total. The lowest BCUT2D eigenvalue weighted by molar-refractivity contribution is 0.282. The fraction of sp³-hybridized carbons (Fsp3) is 0.536. The molecule has 2 aromatic rings. The summed E-state index contributed by atoms with van der Waals surface area (Å²) in [5, 5.41) is 16.4. The van der Waals surface area contributed by atoms with Gasteiger partial charge in [0.15, 0.2) is 0 Å². The number of nitrogens with one attached hydrogen (secondary N) is 2. The molecule has 3 nitrogen and oxygen atoms in total. The van der Waals surface area contributed by atoms with Gasteiger partial charge in [-0.25, -0.2) is 0 Å². The van der Waals surface area contributed by atoms with Crippen molar-refractivity contribution in [3.8, 4) is 6.07 Å². The van der Waals surface area contributed by atoms with E-state index in [1.807, 2.05) is 12.1 Å². The summed E-state index contributed by atoms with van der Waals surface area (Å²) in [6.07, 6.45) is 3.25. The molecule has 3 heteroatoms. The Morgan fingerprint density at radius 1 is 0.839 bits per heavy atom. The van der Waals surface area contributed by atoms with E-state index in [9.17, 15) is 0 Å². The minimum absolute atomic E-state index is 0.154. The SMILES string of the molecule is CCNC(CC(C)C)c1ccc(CC(C)(C)CC(NCC)c2ccc(C#N)cc2)cc1. The Hall–Kier alpha value is -2.15. The molecule has 2 rings (SSSR count). The van der Waals surface area contributed by atoms with E-state index >= 15 is 0 Å². The Balaban J connectivity index is 2.09. The molecule has 2 unspecified atom stereocenters. The van der Waals surface area contributed by atoms with Crippen molar-refractivity contribution in [1.82, 2.24) is 10.6 Å². The van der Waals surface area contributed by atoms with Gasteiger partial charge in [-0.15, -0.1) is 0 Å². The molecule has 0 amide bonds. The molecule has 168 valence electrons.